The van der Waals surface area contributed by atoms with Gasteiger partial charge in [0, 0.05) is 25.6 Å². The Morgan fingerprint density at radius 2 is 2.00 bits per heavy atom. The molecule has 2 heterocycles. The van der Waals surface area contributed by atoms with Crippen LogP contribution in [-0.4, -0.2) is 27.6 Å². The van der Waals surface area contributed by atoms with Gasteiger partial charge in [-0.3, -0.25) is 9.78 Å². The van der Waals surface area contributed by atoms with E-state index in [1.54, 1.807) is 19.1 Å². The molecule has 2 aromatic heterocycles. The molecule has 160 valence electrons. The summed E-state index contributed by atoms with van der Waals surface area (Å²) in [6.45, 7) is 2.22. The van der Waals surface area contributed by atoms with E-state index in [0.29, 0.717) is 42.2 Å². The van der Waals surface area contributed by atoms with Crippen molar-refractivity contribution in [3.05, 3.63) is 76.4 Å². The lowest BCUT2D eigenvalue weighted by Crippen LogP contribution is -2.31. The van der Waals surface area contributed by atoms with E-state index in [9.17, 15) is 9.18 Å². The van der Waals surface area contributed by atoms with Crippen molar-refractivity contribution in [1.29, 1.82) is 0 Å². The molecule has 0 bridgehead atoms. The monoisotopic (exact) mass is 420 g/mol. The van der Waals surface area contributed by atoms with Crippen LogP contribution in [0.2, 0.25) is 0 Å². The molecule has 0 aliphatic heterocycles. The number of aryl methyl sites for hydroxylation is 1. The van der Waals surface area contributed by atoms with Gasteiger partial charge >= 0.3 is 0 Å². The Bertz CT molecular complexity index is 1090. The van der Waals surface area contributed by atoms with Crippen molar-refractivity contribution in [2.45, 2.75) is 50.9 Å². The predicted molar refractivity (Wildman–Crippen MR) is 112 cm³/mol. The first kappa shape index (κ1) is 19.8. The second-order valence-electron chi connectivity index (χ2n) is 8.68. The molecule has 2 fully saturated rings. The van der Waals surface area contributed by atoms with Crippen LogP contribution >= 0.6 is 0 Å². The summed E-state index contributed by atoms with van der Waals surface area (Å²) in [7, 11) is 0. The highest BCUT2D eigenvalue weighted by molar-refractivity contribution is 5.94. The van der Waals surface area contributed by atoms with Gasteiger partial charge in [-0.25, -0.2) is 4.39 Å². The molecule has 2 aliphatic carbocycles. The minimum absolute atomic E-state index is 0.0488. The topological polar surface area (TPSA) is 80.9 Å². The molecule has 7 heteroatoms. The lowest BCUT2D eigenvalue weighted by atomic mass is 9.99. The first-order chi connectivity index (χ1) is 15.1. The number of amides is 1. The number of benzene rings is 1. The van der Waals surface area contributed by atoms with Gasteiger partial charge in [0.25, 0.3) is 5.91 Å². The number of carbonyl (C=O) groups excluding carboxylic acids is 1. The number of aromatic nitrogens is 3. The van der Waals surface area contributed by atoms with Crippen molar-refractivity contribution in [3.8, 4) is 0 Å². The number of hydrogen-bond acceptors (Lipinski definition) is 5. The summed E-state index contributed by atoms with van der Waals surface area (Å²) < 4.78 is 18.4. The molecule has 0 unspecified atom stereocenters. The van der Waals surface area contributed by atoms with Crippen molar-refractivity contribution in [2.24, 2.45) is 5.92 Å². The molecule has 3 aromatic rings. The van der Waals surface area contributed by atoms with E-state index in [4.69, 9.17) is 4.52 Å². The Morgan fingerprint density at radius 3 is 2.65 bits per heavy atom. The molecule has 2 aliphatic rings. The second kappa shape index (κ2) is 8.21. The van der Waals surface area contributed by atoms with Crippen LogP contribution in [0.5, 0.6) is 0 Å². The van der Waals surface area contributed by atoms with Gasteiger partial charge in [0.05, 0.1) is 0 Å². The van der Waals surface area contributed by atoms with Gasteiger partial charge in [0.2, 0.25) is 5.89 Å². The minimum atomic E-state index is -0.269. The fourth-order valence-electron chi connectivity index (χ4n) is 4.05. The van der Waals surface area contributed by atoms with Gasteiger partial charge in [-0.2, -0.15) is 4.98 Å². The fourth-order valence-corrected chi connectivity index (χ4v) is 4.05. The van der Waals surface area contributed by atoms with Crippen LogP contribution < -0.4 is 5.32 Å². The van der Waals surface area contributed by atoms with Gasteiger partial charge in [0.15, 0.2) is 5.82 Å². The first-order valence-electron chi connectivity index (χ1n) is 10.9. The summed E-state index contributed by atoms with van der Waals surface area (Å²) in [5.41, 5.74) is 3.41. The third kappa shape index (κ3) is 4.65. The highest BCUT2D eigenvalue weighted by atomic mass is 19.1. The third-order valence-corrected chi connectivity index (χ3v) is 6.11. The highest BCUT2D eigenvalue weighted by Crippen LogP contribution is 2.42. The molecular formula is C24H25FN4O2. The summed E-state index contributed by atoms with van der Waals surface area (Å²) in [5, 5.41) is 7.11. The standard InChI is InChI=1S/C24H25FN4O2/c1-14-28-23(29-31-14)21(17-6-7-17)13-27-24(30)22-18(10-15-2-8-20(25)9-3-15)11-19(12-26-22)16-4-5-16/h2-3,8-9,11-12,16-17,21H,4-7,10,13H2,1H3,(H,27,30)/t21-/m1/s1. The molecule has 1 N–H and O–H groups in total. The van der Waals surface area contributed by atoms with E-state index in [1.807, 2.05) is 6.20 Å². The van der Waals surface area contributed by atoms with Crippen LogP contribution in [0.1, 0.15) is 76.4 Å². The number of pyridine rings is 1. The van der Waals surface area contributed by atoms with Gasteiger partial charge in [-0.1, -0.05) is 23.4 Å². The first-order valence-corrected chi connectivity index (χ1v) is 10.9. The minimum Gasteiger partial charge on any atom is -0.350 e. The molecule has 31 heavy (non-hydrogen) atoms. The van der Waals surface area contributed by atoms with Crippen molar-refractivity contribution in [3.63, 3.8) is 0 Å². The molecule has 1 aromatic carbocycles. The van der Waals surface area contributed by atoms with E-state index < -0.39 is 0 Å². The lowest BCUT2D eigenvalue weighted by Gasteiger charge is -2.15. The average molecular weight is 420 g/mol. The summed E-state index contributed by atoms with van der Waals surface area (Å²) in [6.07, 6.45) is 6.90. The van der Waals surface area contributed by atoms with Gasteiger partial charge in [-0.05, 0) is 72.8 Å². The molecule has 0 radical (unpaired) electrons. The zero-order valence-corrected chi connectivity index (χ0v) is 17.5. The summed E-state index contributed by atoms with van der Waals surface area (Å²) >= 11 is 0. The summed E-state index contributed by atoms with van der Waals surface area (Å²) in [6, 6.07) is 8.48. The molecule has 5 rings (SSSR count). The molecular weight excluding hydrogens is 395 g/mol. The Balaban J connectivity index is 1.35. The van der Waals surface area contributed by atoms with E-state index in [0.717, 1.165) is 36.8 Å². The number of nitrogens with zero attached hydrogens (tertiary/aromatic N) is 3. The summed E-state index contributed by atoms with van der Waals surface area (Å²) in [4.78, 5) is 22.0. The van der Waals surface area contributed by atoms with E-state index in [-0.39, 0.29) is 17.6 Å². The largest absolute Gasteiger partial charge is 0.350 e. The molecule has 0 saturated heterocycles. The zero-order valence-electron chi connectivity index (χ0n) is 17.5. The Morgan fingerprint density at radius 1 is 1.23 bits per heavy atom. The van der Waals surface area contributed by atoms with Crippen molar-refractivity contribution >= 4 is 5.91 Å². The highest BCUT2D eigenvalue weighted by Gasteiger charge is 2.35. The molecule has 6 nitrogen and oxygen atoms in total. The van der Waals surface area contributed by atoms with E-state index in [1.165, 1.54) is 17.7 Å². The quantitative estimate of drug-likeness (QED) is 0.588. The van der Waals surface area contributed by atoms with Crippen LogP contribution in [0.25, 0.3) is 0 Å². The maximum absolute atomic E-state index is 13.3. The van der Waals surface area contributed by atoms with Crippen LogP contribution in [-0.2, 0) is 6.42 Å². The summed E-state index contributed by atoms with van der Waals surface area (Å²) in [5.74, 6) is 1.78. The Kier molecular flexibility index (Phi) is 5.26. The lowest BCUT2D eigenvalue weighted by molar-refractivity contribution is 0.0943. The number of nitrogens with one attached hydrogen (secondary N) is 1. The smallest absolute Gasteiger partial charge is 0.270 e. The maximum atomic E-state index is 13.3. The fraction of sp³-hybridized carbons (Fsp3) is 0.417. The van der Waals surface area contributed by atoms with Gasteiger partial charge in [0.1, 0.15) is 11.5 Å². The molecule has 1 atom stereocenters. The van der Waals surface area contributed by atoms with Crippen molar-refractivity contribution < 1.29 is 13.7 Å². The zero-order chi connectivity index (χ0) is 21.4. The molecule has 1 amide bonds. The Hall–Kier alpha value is -3.09. The average Bonchev–Trinajstić information content (AvgIpc) is 3.68. The van der Waals surface area contributed by atoms with Crippen LogP contribution in [0.4, 0.5) is 4.39 Å². The van der Waals surface area contributed by atoms with E-state index >= 15 is 0 Å². The second-order valence-corrected chi connectivity index (χ2v) is 8.68. The van der Waals surface area contributed by atoms with Gasteiger partial charge < -0.3 is 9.84 Å². The number of halogens is 1. The van der Waals surface area contributed by atoms with Crippen LogP contribution in [0.3, 0.4) is 0 Å². The van der Waals surface area contributed by atoms with Gasteiger partial charge in [-0.15, -0.1) is 0 Å². The number of carbonyl (C=O) groups is 1. The molecule has 0 spiro atoms. The predicted octanol–water partition coefficient (Wildman–Crippen LogP) is 4.30. The number of rotatable bonds is 8. The molecule has 2 saturated carbocycles. The Labute approximate surface area is 180 Å². The third-order valence-electron chi connectivity index (χ3n) is 6.11. The van der Waals surface area contributed by atoms with Crippen molar-refractivity contribution in [1.82, 2.24) is 20.4 Å². The van der Waals surface area contributed by atoms with Crippen LogP contribution in [0, 0.1) is 18.7 Å². The van der Waals surface area contributed by atoms with Crippen LogP contribution in [0.15, 0.2) is 41.1 Å². The van der Waals surface area contributed by atoms with E-state index in [2.05, 4.69) is 26.5 Å². The SMILES string of the molecule is Cc1nc([C@H](CNC(=O)c2ncc(C3CC3)cc2Cc2ccc(F)cc2)C2CC2)no1. The number of hydrogen-bond donors (Lipinski definition) is 1. The van der Waals surface area contributed by atoms with Crippen molar-refractivity contribution in [2.75, 3.05) is 6.54 Å². The normalized spacial score (nSPS) is 16.8. The maximum Gasteiger partial charge on any atom is 0.270 e.